The number of Topliss-reactive ketones (excluding diaryl/α,β-unsaturated/α-hetero) is 1. The first-order valence-corrected chi connectivity index (χ1v) is 7.26. The molecule has 1 fully saturated rings. The average molecular weight is 278 g/mol. The van der Waals surface area contributed by atoms with Crippen molar-refractivity contribution in [2.45, 2.75) is 26.7 Å². The number of ketones is 1. The molecule has 0 amide bonds. The van der Waals surface area contributed by atoms with E-state index in [0.717, 1.165) is 19.6 Å². The number of carbonyl (C=O) groups excluding carboxylic acids is 1. The van der Waals surface area contributed by atoms with E-state index in [1.807, 2.05) is 0 Å². The number of piperidine rings is 1. The molecule has 20 heavy (non-hydrogen) atoms. The number of carbonyl (C=O) groups is 1. The van der Waals surface area contributed by atoms with Gasteiger partial charge in [-0.2, -0.15) is 0 Å². The smallest absolute Gasteiger partial charge is 0.164 e. The first-order chi connectivity index (χ1) is 9.45. The van der Waals surface area contributed by atoms with Gasteiger partial charge >= 0.3 is 0 Å². The zero-order valence-corrected chi connectivity index (χ0v) is 12.2. The van der Waals surface area contributed by atoms with Crippen molar-refractivity contribution in [1.29, 1.82) is 0 Å². The van der Waals surface area contributed by atoms with Crippen molar-refractivity contribution >= 4 is 11.5 Å². The van der Waals surface area contributed by atoms with E-state index in [0.29, 0.717) is 23.8 Å². The highest BCUT2D eigenvalue weighted by Gasteiger charge is 2.22. The topological polar surface area (TPSA) is 46.3 Å². The lowest BCUT2D eigenvalue weighted by Crippen LogP contribution is -2.39. The lowest BCUT2D eigenvalue weighted by atomic mass is 9.91. The third-order valence-electron chi connectivity index (χ3n) is 3.92. The van der Waals surface area contributed by atoms with Crippen molar-refractivity contribution < 1.29 is 9.18 Å². The van der Waals surface area contributed by atoms with Crippen LogP contribution in [0.25, 0.3) is 0 Å². The second-order valence-corrected chi connectivity index (χ2v) is 6.12. The molecule has 0 aromatic heterocycles. The molecular formula is C16H23FN2O. The largest absolute Gasteiger partial charge is 0.396 e. The SMILES string of the molecule is CC1CC(C)CN(CCC(=O)c2ccc(F)c(N)c2)C1. The van der Waals surface area contributed by atoms with Crippen LogP contribution in [0.15, 0.2) is 18.2 Å². The molecule has 2 atom stereocenters. The van der Waals surface area contributed by atoms with Crippen LogP contribution in [0.2, 0.25) is 0 Å². The number of hydrogen-bond donors (Lipinski definition) is 1. The van der Waals surface area contributed by atoms with Crippen LogP contribution in [0.3, 0.4) is 0 Å². The number of halogens is 1. The van der Waals surface area contributed by atoms with Crippen LogP contribution in [-0.2, 0) is 0 Å². The van der Waals surface area contributed by atoms with E-state index < -0.39 is 5.82 Å². The molecule has 3 nitrogen and oxygen atoms in total. The van der Waals surface area contributed by atoms with Gasteiger partial charge in [0.1, 0.15) is 5.82 Å². The summed E-state index contributed by atoms with van der Waals surface area (Å²) < 4.78 is 13.1. The highest BCUT2D eigenvalue weighted by Crippen LogP contribution is 2.21. The van der Waals surface area contributed by atoms with Gasteiger partial charge in [0.05, 0.1) is 5.69 Å². The van der Waals surface area contributed by atoms with Gasteiger partial charge < -0.3 is 10.6 Å². The van der Waals surface area contributed by atoms with Crippen LogP contribution >= 0.6 is 0 Å². The fourth-order valence-corrected chi connectivity index (χ4v) is 3.10. The zero-order chi connectivity index (χ0) is 14.7. The fraction of sp³-hybridized carbons (Fsp3) is 0.562. The van der Waals surface area contributed by atoms with Crippen LogP contribution in [0.4, 0.5) is 10.1 Å². The summed E-state index contributed by atoms with van der Waals surface area (Å²) in [6, 6.07) is 4.20. The number of benzene rings is 1. The Kier molecular flexibility index (Phi) is 4.76. The Morgan fingerprint density at radius 1 is 1.35 bits per heavy atom. The lowest BCUT2D eigenvalue weighted by Gasteiger charge is -2.34. The molecular weight excluding hydrogens is 255 g/mol. The van der Waals surface area contributed by atoms with Crippen LogP contribution < -0.4 is 5.73 Å². The molecule has 0 spiro atoms. The number of rotatable bonds is 4. The van der Waals surface area contributed by atoms with Crippen molar-refractivity contribution in [1.82, 2.24) is 4.90 Å². The maximum absolute atomic E-state index is 13.1. The van der Waals surface area contributed by atoms with Crippen molar-refractivity contribution in [3.8, 4) is 0 Å². The molecule has 1 aromatic carbocycles. The van der Waals surface area contributed by atoms with E-state index >= 15 is 0 Å². The molecule has 0 saturated carbocycles. The Morgan fingerprint density at radius 3 is 2.60 bits per heavy atom. The van der Waals surface area contributed by atoms with Crippen LogP contribution in [0.5, 0.6) is 0 Å². The molecule has 2 N–H and O–H groups in total. The second-order valence-electron chi connectivity index (χ2n) is 6.12. The third-order valence-corrected chi connectivity index (χ3v) is 3.92. The van der Waals surface area contributed by atoms with Gasteiger partial charge in [0.25, 0.3) is 0 Å². The third kappa shape index (κ3) is 3.79. The summed E-state index contributed by atoms with van der Waals surface area (Å²) >= 11 is 0. The number of nitrogens with two attached hydrogens (primary N) is 1. The molecule has 0 radical (unpaired) electrons. The molecule has 2 rings (SSSR count). The van der Waals surface area contributed by atoms with Gasteiger partial charge in [0, 0.05) is 31.6 Å². The molecule has 1 aliphatic heterocycles. The monoisotopic (exact) mass is 278 g/mol. The van der Waals surface area contributed by atoms with E-state index in [4.69, 9.17) is 5.73 Å². The van der Waals surface area contributed by atoms with Gasteiger partial charge in [0.2, 0.25) is 0 Å². The molecule has 1 saturated heterocycles. The van der Waals surface area contributed by atoms with E-state index in [1.165, 1.54) is 24.6 Å². The second kappa shape index (κ2) is 6.35. The number of nitrogen functional groups attached to an aromatic ring is 1. The molecule has 2 unspecified atom stereocenters. The van der Waals surface area contributed by atoms with E-state index in [2.05, 4.69) is 18.7 Å². The Bertz CT molecular complexity index is 479. The van der Waals surface area contributed by atoms with Gasteiger partial charge in [-0.25, -0.2) is 4.39 Å². The molecule has 1 aromatic rings. The minimum absolute atomic E-state index is 0.0302. The first kappa shape index (κ1) is 15.0. The highest BCUT2D eigenvalue weighted by atomic mass is 19.1. The van der Waals surface area contributed by atoms with Crippen LogP contribution in [0.1, 0.15) is 37.0 Å². The van der Waals surface area contributed by atoms with Crippen LogP contribution in [0, 0.1) is 17.7 Å². The minimum atomic E-state index is -0.472. The fourth-order valence-electron chi connectivity index (χ4n) is 3.10. The number of anilines is 1. The summed E-state index contributed by atoms with van der Waals surface area (Å²) in [6.07, 6.45) is 1.73. The normalized spacial score (nSPS) is 23.8. The first-order valence-electron chi connectivity index (χ1n) is 7.26. The standard InChI is InChI=1S/C16H23FN2O/c1-11-7-12(2)10-19(9-11)6-5-16(20)13-3-4-14(17)15(18)8-13/h3-4,8,11-12H,5-7,9-10,18H2,1-2H3. The summed E-state index contributed by atoms with van der Waals surface area (Å²) in [7, 11) is 0. The summed E-state index contributed by atoms with van der Waals surface area (Å²) in [5, 5.41) is 0. The van der Waals surface area contributed by atoms with Gasteiger partial charge in [-0.3, -0.25) is 4.79 Å². The van der Waals surface area contributed by atoms with E-state index in [9.17, 15) is 9.18 Å². The maximum Gasteiger partial charge on any atom is 0.164 e. The summed E-state index contributed by atoms with van der Waals surface area (Å²) in [6.45, 7) is 7.40. The Balaban J connectivity index is 1.90. The molecule has 110 valence electrons. The number of hydrogen-bond acceptors (Lipinski definition) is 3. The van der Waals surface area contributed by atoms with E-state index in [1.54, 1.807) is 0 Å². The lowest BCUT2D eigenvalue weighted by molar-refractivity contribution is 0.0926. The molecule has 4 heteroatoms. The van der Waals surface area contributed by atoms with Crippen molar-refractivity contribution in [2.75, 3.05) is 25.4 Å². The maximum atomic E-state index is 13.1. The summed E-state index contributed by atoms with van der Waals surface area (Å²) in [5.74, 6) is 0.938. The van der Waals surface area contributed by atoms with Gasteiger partial charge in [-0.15, -0.1) is 0 Å². The number of nitrogens with zero attached hydrogens (tertiary/aromatic N) is 1. The van der Waals surface area contributed by atoms with Crippen molar-refractivity contribution in [3.05, 3.63) is 29.6 Å². The molecule has 0 bridgehead atoms. The molecule has 0 aliphatic carbocycles. The summed E-state index contributed by atoms with van der Waals surface area (Å²) in [5.41, 5.74) is 6.04. The quantitative estimate of drug-likeness (QED) is 0.680. The Labute approximate surface area is 120 Å². The average Bonchev–Trinajstić information content (AvgIpc) is 2.38. The highest BCUT2D eigenvalue weighted by molar-refractivity contribution is 5.96. The molecule has 1 aliphatic rings. The van der Waals surface area contributed by atoms with Gasteiger partial charge in [-0.1, -0.05) is 13.8 Å². The van der Waals surface area contributed by atoms with E-state index in [-0.39, 0.29) is 11.5 Å². The predicted octanol–water partition coefficient (Wildman–Crippen LogP) is 2.96. The molecule has 1 heterocycles. The number of likely N-dealkylation sites (tertiary alicyclic amines) is 1. The predicted molar refractivity (Wildman–Crippen MR) is 79.1 cm³/mol. The van der Waals surface area contributed by atoms with Gasteiger partial charge in [0.15, 0.2) is 5.78 Å². The van der Waals surface area contributed by atoms with Gasteiger partial charge in [-0.05, 0) is 36.5 Å². The Morgan fingerprint density at radius 2 is 2.00 bits per heavy atom. The Hall–Kier alpha value is -1.42. The minimum Gasteiger partial charge on any atom is -0.396 e. The van der Waals surface area contributed by atoms with Crippen molar-refractivity contribution in [2.24, 2.45) is 11.8 Å². The van der Waals surface area contributed by atoms with Crippen molar-refractivity contribution in [3.63, 3.8) is 0 Å². The zero-order valence-electron chi connectivity index (χ0n) is 12.2. The van der Waals surface area contributed by atoms with Crippen LogP contribution in [-0.4, -0.2) is 30.3 Å². The summed E-state index contributed by atoms with van der Waals surface area (Å²) in [4.78, 5) is 14.5.